The van der Waals surface area contributed by atoms with Gasteiger partial charge >= 0.3 is 6.03 Å². The molecule has 2 heterocycles. The highest BCUT2D eigenvalue weighted by Crippen LogP contribution is 2.41. The minimum Gasteiger partial charge on any atom is -0.378 e. The smallest absolute Gasteiger partial charge is 0.319 e. The zero-order chi connectivity index (χ0) is 41.4. The number of carbonyl (C=O) groups is 2. The summed E-state index contributed by atoms with van der Waals surface area (Å²) < 4.78 is 87.5. The number of anilines is 1. The van der Waals surface area contributed by atoms with Gasteiger partial charge in [0.25, 0.3) is 12.3 Å². The third kappa shape index (κ3) is 9.75. The normalized spacial score (nSPS) is 15.7. The van der Waals surface area contributed by atoms with E-state index in [4.69, 9.17) is 17.0 Å². The standard InChI is InChI=1S/C39H37ClF6N8O3/c1-38(2,57)12-10-23-6-7-24(25-8-9-27(40)30-33(25)54(3)53-36(30)51-29(55)18-48-22-4-5-22)32(49-23)28(16-19-14-20(41)17-21(42)15-19)50-37(56)52-34-26(31(47)35(43)44)11-13-39(34,45)46/h6-9,14-15,17,22,28,35,47-48,57H,4-5,11,13,16,18H2,1-3H3,(H2,50,52,56)(H,51,53,55). The maximum Gasteiger partial charge on any atom is 0.319 e. The Bertz CT molecular complexity index is 2340. The van der Waals surface area contributed by atoms with Crippen molar-refractivity contribution < 1.29 is 41.0 Å². The number of rotatable bonds is 12. The zero-order valence-electron chi connectivity index (χ0n) is 30.8. The van der Waals surface area contributed by atoms with Crippen molar-refractivity contribution in [1.82, 2.24) is 30.7 Å². The van der Waals surface area contributed by atoms with Gasteiger partial charge in [0.15, 0.2) is 5.82 Å². The summed E-state index contributed by atoms with van der Waals surface area (Å²) in [7, 11) is 1.60. The van der Waals surface area contributed by atoms with Gasteiger partial charge in [-0.15, -0.1) is 0 Å². The molecule has 2 aromatic carbocycles. The molecule has 4 aromatic rings. The molecule has 11 nitrogen and oxygen atoms in total. The van der Waals surface area contributed by atoms with Crippen LogP contribution in [0.2, 0.25) is 5.02 Å². The Morgan fingerprint density at radius 2 is 1.77 bits per heavy atom. The van der Waals surface area contributed by atoms with Crippen LogP contribution in [0.5, 0.6) is 0 Å². The summed E-state index contributed by atoms with van der Waals surface area (Å²) in [6, 6.07) is 6.40. The molecule has 1 fully saturated rings. The van der Waals surface area contributed by atoms with Gasteiger partial charge < -0.3 is 26.4 Å². The van der Waals surface area contributed by atoms with Gasteiger partial charge in [0.2, 0.25) is 5.91 Å². The molecule has 2 aromatic heterocycles. The predicted molar refractivity (Wildman–Crippen MR) is 201 cm³/mol. The monoisotopic (exact) mass is 814 g/mol. The molecule has 0 radical (unpaired) electrons. The fraction of sp³-hybridized carbons (Fsp3) is 0.359. The molecule has 3 amide bonds. The Morgan fingerprint density at radius 3 is 2.42 bits per heavy atom. The van der Waals surface area contributed by atoms with Crippen LogP contribution in [0.15, 0.2) is 53.7 Å². The summed E-state index contributed by atoms with van der Waals surface area (Å²) in [6.45, 7) is 2.90. The number of alkyl halides is 4. The Hall–Kier alpha value is -5.44. The molecule has 0 bridgehead atoms. The lowest BCUT2D eigenvalue weighted by Gasteiger charge is -2.24. The third-order valence-electron chi connectivity index (χ3n) is 9.17. The number of halogens is 7. The van der Waals surface area contributed by atoms with E-state index in [-0.39, 0.29) is 51.8 Å². The molecule has 18 heteroatoms. The van der Waals surface area contributed by atoms with Crippen LogP contribution in [0, 0.1) is 28.9 Å². The summed E-state index contributed by atoms with van der Waals surface area (Å²) >= 11 is 6.69. The van der Waals surface area contributed by atoms with Crippen LogP contribution in [-0.4, -0.2) is 68.1 Å². The fourth-order valence-electron chi connectivity index (χ4n) is 6.45. The quantitative estimate of drug-likeness (QED) is 0.0518. The van der Waals surface area contributed by atoms with Crippen LogP contribution < -0.4 is 21.3 Å². The number of aliphatic hydroxyl groups is 1. The Balaban J connectivity index is 1.49. The number of carbonyl (C=O) groups excluding carboxylic acids is 2. The number of pyridine rings is 1. The van der Waals surface area contributed by atoms with Crippen molar-refractivity contribution in [3.63, 3.8) is 0 Å². The van der Waals surface area contributed by atoms with E-state index in [9.17, 15) is 32.3 Å². The topological polar surface area (TPSA) is 157 Å². The minimum atomic E-state index is -3.76. The molecule has 300 valence electrons. The first kappa shape index (κ1) is 41.2. The van der Waals surface area contributed by atoms with Gasteiger partial charge in [-0.2, -0.15) is 13.9 Å². The van der Waals surface area contributed by atoms with Crippen LogP contribution in [-0.2, 0) is 18.3 Å². The lowest BCUT2D eigenvalue weighted by Crippen LogP contribution is -2.42. The molecular weight excluding hydrogens is 778 g/mol. The molecule has 6 rings (SSSR count). The number of hydrogen-bond acceptors (Lipinski definition) is 7. The Morgan fingerprint density at radius 1 is 1.09 bits per heavy atom. The second kappa shape index (κ2) is 16.2. The second-order valence-electron chi connectivity index (χ2n) is 14.3. The van der Waals surface area contributed by atoms with Crippen LogP contribution in [0.4, 0.5) is 37.0 Å². The predicted octanol–water partition coefficient (Wildman–Crippen LogP) is 6.93. The number of allylic oxidation sites excluding steroid dienone is 2. The first-order valence-corrected chi connectivity index (χ1v) is 18.1. The van der Waals surface area contributed by atoms with Crippen molar-refractivity contribution in [2.45, 2.75) is 76.0 Å². The van der Waals surface area contributed by atoms with E-state index >= 15 is 8.78 Å². The summed E-state index contributed by atoms with van der Waals surface area (Å²) in [6.07, 6.45) is -3.37. The summed E-state index contributed by atoms with van der Waals surface area (Å²) in [4.78, 5) is 31.2. The van der Waals surface area contributed by atoms with Crippen molar-refractivity contribution in [2.24, 2.45) is 7.05 Å². The minimum absolute atomic E-state index is 0.00545. The Kier molecular flexibility index (Phi) is 11.7. The molecule has 1 saturated carbocycles. The summed E-state index contributed by atoms with van der Waals surface area (Å²) in [5, 5.41) is 33.4. The molecule has 1 atom stereocenters. The summed E-state index contributed by atoms with van der Waals surface area (Å²) in [5.41, 5.74) is -3.60. The van der Waals surface area contributed by atoms with Gasteiger partial charge in [0.05, 0.1) is 39.9 Å². The molecule has 0 aliphatic heterocycles. The summed E-state index contributed by atoms with van der Waals surface area (Å²) in [5.74, 6) is -0.506. The molecule has 6 N–H and O–H groups in total. The number of aryl methyl sites for hydroxylation is 1. The second-order valence-corrected chi connectivity index (χ2v) is 14.7. The number of benzene rings is 2. The van der Waals surface area contributed by atoms with E-state index in [1.165, 1.54) is 30.7 Å². The average molecular weight is 815 g/mol. The highest BCUT2D eigenvalue weighted by atomic mass is 35.5. The number of aromatic nitrogens is 3. The van der Waals surface area contributed by atoms with Gasteiger partial charge in [-0.05, 0) is 81.3 Å². The first-order valence-electron chi connectivity index (χ1n) is 17.8. The highest BCUT2D eigenvalue weighted by molar-refractivity contribution is 6.37. The molecule has 0 spiro atoms. The maximum absolute atomic E-state index is 15.0. The van der Waals surface area contributed by atoms with E-state index in [2.05, 4.69) is 37.9 Å². The number of fused-ring (bicyclic) bond motifs is 1. The number of urea groups is 1. The molecular formula is C39H37ClF6N8O3. The van der Waals surface area contributed by atoms with E-state index in [1.807, 2.05) is 5.32 Å². The van der Waals surface area contributed by atoms with E-state index in [0.717, 1.165) is 25.0 Å². The average Bonchev–Trinajstić information content (AvgIpc) is 3.83. The molecule has 57 heavy (non-hydrogen) atoms. The van der Waals surface area contributed by atoms with E-state index in [1.54, 1.807) is 19.2 Å². The zero-order valence-corrected chi connectivity index (χ0v) is 31.5. The lowest BCUT2D eigenvalue weighted by atomic mass is 9.93. The van der Waals surface area contributed by atoms with E-state index in [0.29, 0.717) is 22.5 Å². The van der Waals surface area contributed by atoms with Gasteiger partial charge in [0, 0.05) is 42.3 Å². The van der Waals surface area contributed by atoms with Crippen LogP contribution in [0.3, 0.4) is 0 Å². The number of hydrogen-bond donors (Lipinski definition) is 6. The van der Waals surface area contributed by atoms with Crippen molar-refractivity contribution in [2.75, 3.05) is 11.9 Å². The van der Waals surface area contributed by atoms with Gasteiger partial charge in [-0.1, -0.05) is 23.6 Å². The maximum atomic E-state index is 15.0. The number of amides is 3. The first-order chi connectivity index (χ1) is 26.8. The van der Waals surface area contributed by atoms with Crippen LogP contribution in [0.1, 0.15) is 62.5 Å². The number of nitrogens with one attached hydrogen (secondary N) is 5. The highest BCUT2D eigenvalue weighted by Gasteiger charge is 2.45. The van der Waals surface area contributed by atoms with Gasteiger partial charge in [0.1, 0.15) is 28.6 Å². The fourth-order valence-corrected chi connectivity index (χ4v) is 6.69. The van der Waals surface area contributed by atoms with Crippen molar-refractivity contribution in [3.05, 3.63) is 87.3 Å². The van der Waals surface area contributed by atoms with Crippen LogP contribution >= 0.6 is 11.6 Å². The molecule has 2 aliphatic rings. The van der Waals surface area contributed by atoms with Crippen molar-refractivity contribution in [1.29, 1.82) is 5.41 Å². The van der Waals surface area contributed by atoms with Crippen molar-refractivity contribution in [3.8, 4) is 23.0 Å². The SMILES string of the molecule is Cn1nc(NC(=O)CNC2CC2)c2c(Cl)ccc(-c3ccc(C#CC(C)(C)O)nc3C(Cc3cc(F)cc(F)c3)NC(=O)NC3=C(C(=N)C(F)F)CCC3(F)F)c21. The molecule has 2 aliphatic carbocycles. The lowest BCUT2D eigenvalue weighted by molar-refractivity contribution is -0.115. The van der Waals surface area contributed by atoms with Crippen LogP contribution in [0.25, 0.3) is 22.0 Å². The van der Waals surface area contributed by atoms with E-state index < -0.39 is 77.9 Å². The number of nitrogens with zero attached hydrogens (tertiary/aromatic N) is 3. The molecule has 1 unspecified atom stereocenters. The van der Waals surface area contributed by atoms with Crippen molar-refractivity contribution >= 4 is 46.0 Å². The third-order valence-corrected chi connectivity index (χ3v) is 9.49. The largest absolute Gasteiger partial charge is 0.378 e. The van der Waals surface area contributed by atoms with Gasteiger partial charge in [-0.25, -0.2) is 27.3 Å². The Labute approximate surface area is 327 Å². The molecule has 0 saturated heterocycles. The van der Waals surface area contributed by atoms with Gasteiger partial charge in [-0.3, -0.25) is 14.9 Å².